The van der Waals surface area contributed by atoms with Crippen LogP contribution in [-0.4, -0.2) is 167 Å². The van der Waals surface area contributed by atoms with Crippen molar-refractivity contribution in [2.45, 2.75) is 130 Å². The van der Waals surface area contributed by atoms with Crippen molar-refractivity contribution in [3.8, 4) is 0 Å². The van der Waals surface area contributed by atoms with Gasteiger partial charge < -0.3 is 63.1 Å². The molecule has 20 atom stereocenters. The van der Waals surface area contributed by atoms with E-state index in [4.69, 9.17) is 73.7 Å². The van der Waals surface area contributed by atoms with E-state index in [0.29, 0.717) is 17.5 Å². The van der Waals surface area contributed by atoms with Gasteiger partial charge in [-0.25, -0.2) is 22.8 Å². The summed E-state index contributed by atoms with van der Waals surface area (Å²) in [5, 5.41) is 38.4. The quantitative estimate of drug-likeness (QED) is 0.0169. The molecule has 5 unspecified atom stereocenters. The number of hydrogen-bond donors (Lipinski definition) is 7. The third-order valence-electron chi connectivity index (χ3n) is 22.3. The second kappa shape index (κ2) is 30.6. The largest absolute Gasteiger partial charge is 0.472 e. The van der Waals surface area contributed by atoms with Crippen molar-refractivity contribution in [1.29, 1.82) is 0 Å². The average Bonchev–Trinajstić information content (AvgIpc) is 1.50. The minimum atomic E-state index is -5.33. The molecule has 7 N–H and O–H groups in total. The number of phosphoric ester groups is 5. The van der Waals surface area contributed by atoms with Crippen molar-refractivity contribution in [2.75, 3.05) is 59.5 Å². The zero-order valence-corrected chi connectivity index (χ0v) is 63.8. The Hall–Kier alpha value is -6.01. The summed E-state index contributed by atoms with van der Waals surface area (Å²) >= 11 is 0. The van der Waals surface area contributed by atoms with Crippen LogP contribution in [0.2, 0.25) is 0 Å². The van der Waals surface area contributed by atoms with Crippen LogP contribution in [-0.2, 0) is 96.5 Å². The van der Waals surface area contributed by atoms with Gasteiger partial charge in [-0.2, -0.15) is 0 Å². The lowest BCUT2D eigenvalue weighted by Crippen LogP contribution is -2.32. The number of aliphatic hydroxyl groups excluding tert-OH is 2. The molecule has 12 aromatic carbocycles. The first-order valence-corrected chi connectivity index (χ1v) is 44.3. The van der Waals surface area contributed by atoms with Gasteiger partial charge in [-0.15, -0.1) is 0 Å². The van der Waals surface area contributed by atoms with Crippen molar-refractivity contribution in [3.05, 3.63) is 180 Å². The molecular weight excluding hydrogens is 1540 g/mol. The Morgan fingerprint density at radius 3 is 0.892 bits per heavy atom. The van der Waals surface area contributed by atoms with Gasteiger partial charge in [0, 0.05) is 51.9 Å². The van der Waals surface area contributed by atoms with Crippen LogP contribution in [0.1, 0.15) is 73.5 Å². The van der Waals surface area contributed by atoms with E-state index >= 15 is 0 Å². The Morgan fingerprint density at radius 2 is 0.568 bits per heavy atom. The maximum absolute atomic E-state index is 14.8. The topological polar surface area (TPSA) is 375 Å². The van der Waals surface area contributed by atoms with Crippen LogP contribution < -0.4 is 0 Å². The number of hydrogen-bond acceptors (Lipinski definition) is 23. The van der Waals surface area contributed by atoms with Crippen molar-refractivity contribution in [3.63, 3.8) is 0 Å². The van der Waals surface area contributed by atoms with Crippen LogP contribution in [0.25, 0.3) is 97.0 Å². The highest BCUT2D eigenvalue weighted by Crippen LogP contribution is 2.58. The predicted molar refractivity (Wildman–Crippen MR) is 407 cm³/mol. The molecule has 18 rings (SSSR count). The van der Waals surface area contributed by atoms with E-state index in [-0.39, 0.29) is 51.9 Å². The molecular formula is C78H79O28P5. The number of phosphoric acid groups is 5. The maximum atomic E-state index is 14.8. The molecule has 0 saturated carbocycles. The van der Waals surface area contributed by atoms with Crippen molar-refractivity contribution < 1.29 is 131 Å². The average molecular weight is 1620 g/mol. The summed E-state index contributed by atoms with van der Waals surface area (Å²) in [5.41, 5.74) is 2.15. The Morgan fingerprint density at radius 1 is 0.306 bits per heavy atom. The Bertz CT molecular complexity index is 5670. The fourth-order valence-corrected chi connectivity index (χ4v) is 21.9. The first kappa shape index (κ1) is 76.3. The molecule has 6 saturated heterocycles. The maximum Gasteiger partial charge on any atom is 0.472 e. The second-order valence-electron chi connectivity index (χ2n) is 29.1. The molecule has 0 aliphatic carbocycles. The first-order chi connectivity index (χ1) is 53.5. The van der Waals surface area contributed by atoms with Crippen LogP contribution in [0.5, 0.6) is 0 Å². The summed E-state index contributed by atoms with van der Waals surface area (Å²) in [6.45, 7) is -3.64. The minimum Gasteiger partial charge on any atom is -0.394 e. The van der Waals surface area contributed by atoms with E-state index < -0.39 is 170 Å². The van der Waals surface area contributed by atoms with Gasteiger partial charge in [-0.1, -0.05) is 164 Å². The molecule has 584 valence electrons. The summed E-state index contributed by atoms with van der Waals surface area (Å²) in [7, 11) is -25.4. The number of ether oxygens (including phenoxy) is 6. The van der Waals surface area contributed by atoms with E-state index in [1.54, 1.807) is 0 Å². The Labute approximate surface area is 634 Å². The molecule has 12 aromatic rings. The highest BCUT2D eigenvalue weighted by Gasteiger charge is 2.50. The standard InChI is InChI=1S/C78H79O28P5/c79-37-67-64(34-61(99-67)52-22-16-49-13-10-43-4-1-7-46-19-25-55(52)76(49)73(43)46)104-110(87,88)97-41-71-66(36-63(100-71)54-24-18-51-15-12-45-6-3-9-48-21-27-57(54)78(51)75(45)48)106-111(89,90)98-42-72-65(35-62(101-72)53-23-17-50-14-11-44-5-2-8-47-20-26-56(53)77(50)74(44)47)105-109(85,86)96-40-70-60(30-33-93-70)103-108(83,84)95-39-69-59(29-32-92-69)102-107(81,82)94-38-68-58(80)28-31-91-68/h1-27,58-72,79-80H,28-42H2,(H,81,82)(H,83,84)(H,85,86)(H,87,88)(H,89,90)/t58-,59-,60-,61+,62+,63+,64-,65-,66-,67+,68+,69+,70+,71+,72+/m0/s1. The molecule has 0 aromatic heterocycles. The van der Waals surface area contributed by atoms with Crippen molar-refractivity contribution in [2.24, 2.45) is 0 Å². The molecule has 0 radical (unpaired) electrons. The van der Waals surface area contributed by atoms with Gasteiger partial charge in [0.25, 0.3) is 0 Å². The molecule has 0 spiro atoms. The number of rotatable bonds is 29. The normalized spacial score (nSPS) is 29.5. The molecule has 6 heterocycles. The molecule has 0 bridgehead atoms. The van der Waals surface area contributed by atoms with Crippen molar-refractivity contribution >= 4 is 136 Å². The Balaban J connectivity index is 0.574. The van der Waals surface area contributed by atoms with Crippen molar-refractivity contribution in [1.82, 2.24) is 0 Å². The van der Waals surface area contributed by atoms with E-state index in [1.165, 1.54) is 0 Å². The summed E-state index contributed by atoms with van der Waals surface area (Å²) < 4.78 is 163. The summed E-state index contributed by atoms with van der Waals surface area (Å²) in [6.07, 6.45) is -16.4. The zero-order chi connectivity index (χ0) is 76.3. The van der Waals surface area contributed by atoms with Gasteiger partial charge >= 0.3 is 39.1 Å². The highest BCUT2D eigenvalue weighted by molar-refractivity contribution is 7.48. The van der Waals surface area contributed by atoms with Gasteiger partial charge in [-0.05, 0) is 120 Å². The summed E-state index contributed by atoms with van der Waals surface area (Å²) in [6, 6.07) is 54.0. The fraction of sp³-hybridized carbons (Fsp3) is 0.385. The molecule has 6 aliphatic heterocycles. The van der Waals surface area contributed by atoms with Crippen LogP contribution in [0.3, 0.4) is 0 Å². The predicted octanol–water partition coefficient (Wildman–Crippen LogP) is 14.5. The number of benzene rings is 12. The lowest BCUT2D eigenvalue weighted by atomic mass is 9.90. The molecule has 6 fully saturated rings. The van der Waals surface area contributed by atoms with Gasteiger partial charge in [0.15, 0.2) is 0 Å². The molecule has 0 amide bonds. The van der Waals surface area contributed by atoms with Crippen LogP contribution in [0, 0.1) is 0 Å². The monoisotopic (exact) mass is 1620 g/mol. The van der Waals surface area contributed by atoms with Crippen LogP contribution in [0.4, 0.5) is 0 Å². The third kappa shape index (κ3) is 15.5. The first-order valence-electron chi connectivity index (χ1n) is 36.8. The van der Waals surface area contributed by atoms with E-state index in [9.17, 15) is 57.5 Å². The number of aliphatic hydroxyl groups is 2. The Kier molecular flexibility index (Phi) is 21.0. The van der Waals surface area contributed by atoms with E-state index in [1.807, 2.05) is 140 Å². The highest BCUT2D eigenvalue weighted by atomic mass is 31.2. The lowest BCUT2D eigenvalue weighted by molar-refractivity contribution is -0.0459. The molecule has 33 heteroatoms. The SMILES string of the molecule is O=P(O)(OC[C@H]1OCC[C@@H]1O)O[C@H]1CCO[C@@H]1COP(=O)(O)O[C@H]1CCO[C@@H]1COP(=O)(O)O[C@H]1C[C@H](c2ccc3ccc4cccc5ccc2c3c45)O[C@@H]1COP(=O)(O)O[C@H]1C[C@H](c2ccc3ccc4cccc5ccc2c3c45)O[C@@H]1COP(=O)(O)O[C@H]1C[C@H](c2ccc3ccc4cccc5ccc2c3c45)O[C@@H]1CO. The second-order valence-corrected chi connectivity index (χ2v) is 36.1. The summed E-state index contributed by atoms with van der Waals surface area (Å²) in [5.74, 6) is 0. The van der Waals surface area contributed by atoms with Gasteiger partial charge in [-0.3, -0.25) is 45.2 Å². The van der Waals surface area contributed by atoms with E-state index in [0.717, 1.165) is 103 Å². The smallest absolute Gasteiger partial charge is 0.394 e. The van der Waals surface area contributed by atoms with Crippen LogP contribution >= 0.6 is 39.1 Å². The lowest BCUT2D eigenvalue weighted by Gasteiger charge is -2.26. The van der Waals surface area contributed by atoms with Gasteiger partial charge in [0.05, 0.1) is 64.1 Å². The van der Waals surface area contributed by atoms with Crippen LogP contribution in [0.15, 0.2) is 164 Å². The minimum absolute atomic E-state index is 0.000970. The van der Waals surface area contributed by atoms with Gasteiger partial charge in [0.1, 0.15) is 67.1 Å². The molecule has 6 aliphatic rings. The molecule has 28 nitrogen and oxygen atoms in total. The summed E-state index contributed by atoms with van der Waals surface area (Å²) in [4.78, 5) is 56.7. The zero-order valence-electron chi connectivity index (χ0n) is 59.3. The third-order valence-corrected chi connectivity index (χ3v) is 27.4. The fourth-order valence-electron chi connectivity index (χ4n) is 17.1. The molecule has 111 heavy (non-hydrogen) atoms. The van der Waals surface area contributed by atoms with E-state index in [2.05, 4.69) is 24.3 Å². The van der Waals surface area contributed by atoms with Gasteiger partial charge in [0.2, 0.25) is 0 Å².